The van der Waals surface area contributed by atoms with Crippen molar-refractivity contribution >= 4 is 11.6 Å². The van der Waals surface area contributed by atoms with Gasteiger partial charge in [0.1, 0.15) is 17.7 Å². The van der Waals surface area contributed by atoms with E-state index in [-0.39, 0.29) is 10.6 Å². The number of benzene rings is 1. The minimum Gasteiger partial charge on any atom is -0.384 e. The molecule has 0 fully saturated rings. The Morgan fingerprint density at radius 2 is 1.79 bits per heavy atom. The van der Waals surface area contributed by atoms with E-state index in [0.717, 1.165) is 49.8 Å². The molecule has 1 atom stereocenters. The summed E-state index contributed by atoms with van der Waals surface area (Å²) in [5.41, 5.74) is 0.744. The van der Waals surface area contributed by atoms with Crippen LogP contribution in [0.2, 0.25) is 5.02 Å². The maximum absolute atomic E-state index is 13.8. The molecule has 1 aliphatic rings. The van der Waals surface area contributed by atoms with Crippen LogP contribution in [0.3, 0.4) is 0 Å². The summed E-state index contributed by atoms with van der Waals surface area (Å²) in [6.07, 6.45) is 6.83. The van der Waals surface area contributed by atoms with Gasteiger partial charge in [-0.1, -0.05) is 30.5 Å². The van der Waals surface area contributed by atoms with E-state index >= 15 is 0 Å². The van der Waals surface area contributed by atoms with Gasteiger partial charge >= 0.3 is 0 Å². The summed E-state index contributed by atoms with van der Waals surface area (Å²) in [7, 11) is 0. The average Bonchev–Trinajstić information content (AvgIpc) is 2.32. The molecule has 4 heteroatoms. The predicted octanol–water partition coefficient (Wildman–Crippen LogP) is 4.93. The highest BCUT2D eigenvalue weighted by Crippen LogP contribution is 2.32. The smallest absolute Gasteiger partial charge is 0.142 e. The Kier molecular flexibility index (Phi) is 4.94. The Bertz CT molecular complexity index is 485. The zero-order valence-corrected chi connectivity index (χ0v) is 11.4. The zero-order chi connectivity index (χ0) is 13.8. The van der Waals surface area contributed by atoms with Crippen LogP contribution in [-0.4, -0.2) is 5.11 Å². The fourth-order valence-electron chi connectivity index (χ4n) is 2.41. The molecule has 1 aromatic rings. The largest absolute Gasteiger partial charge is 0.384 e. The van der Waals surface area contributed by atoms with E-state index in [9.17, 15) is 13.9 Å². The van der Waals surface area contributed by atoms with Gasteiger partial charge in [-0.05, 0) is 43.4 Å². The van der Waals surface area contributed by atoms with E-state index < -0.39 is 17.7 Å². The second-order valence-corrected chi connectivity index (χ2v) is 5.33. The first-order chi connectivity index (χ1) is 9.09. The lowest BCUT2D eigenvalue weighted by Crippen LogP contribution is -2.06. The Labute approximate surface area is 116 Å². The summed E-state index contributed by atoms with van der Waals surface area (Å²) < 4.78 is 27.2. The molecule has 2 rings (SSSR count). The molecule has 19 heavy (non-hydrogen) atoms. The molecule has 0 radical (unpaired) electrons. The summed E-state index contributed by atoms with van der Waals surface area (Å²) in [5.74, 6) is -1.37. The SMILES string of the molecule is OC(/C1=C/CCCCCC1)c1cc(F)c(Cl)cc1F. The fourth-order valence-corrected chi connectivity index (χ4v) is 2.56. The quantitative estimate of drug-likeness (QED) is 0.603. The summed E-state index contributed by atoms with van der Waals surface area (Å²) in [6.45, 7) is 0. The van der Waals surface area contributed by atoms with E-state index in [2.05, 4.69) is 0 Å². The third kappa shape index (κ3) is 3.54. The van der Waals surface area contributed by atoms with Gasteiger partial charge in [-0.2, -0.15) is 0 Å². The summed E-state index contributed by atoms with van der Waals surface area (Å²) in [5, 5.41) is 9.98. The molecule has 0 spiro atoms. The molecule has 1 aromatic carbocycles. The number of aliphatic hydroxyl groups excluding tert-OH is 1. The Hall–Kier alpha value is -0.930. The second kappa shape index (κ2) is 6.49. The number of rotatable bonds is 2. The number of allylic oxidation sites excluding steroid dienone is 1. The highest BCUT2D eigenvalue weighted by molar-refractivity contribution is 6.30. The first kappa shape index (κ1) is 14.5. The number of hydrogen-bond donors (Lipinski definition) is 1. The van der Waals surface area contributed by atoms with Gasteiger partial charge in [0.25, 0.3) is 0 Å². The van der Waals surface area contributed by atoms with E-state index in [0.29, 0.717) is 0 Å². The molecule has 1 nitrogen and oxygen atoms in total. The normalized spacial score (nSPS) is 21.2. The molecule has 1 unspecified atom stereocenters. The van der Waals surface area contributed by atoms with Crippen molar-refractivity contribution in [2.75, 3.05) is 0 Å². The highest BCUT2D eigenvalue weighted by atomic mass is 35.5. The fraction of sp³-hybridized carbons (Fsp3) is 0.467. The molecule has 0 aromatic heterocycles. The Balaban J connectivity index is 2.27. The van der Waals surface area contributed by atoms with Crippen LogP contribution < -0.4 is 0 Å². The molecule has 0 saturated heterocycles. The number of halogens is 3. The van der Waals surface area contributed by atoms with Gasteiger partial charge in [0.2, 0.25) is 0 Å². The van der Waals surface area contributed by atoms with Gasteiger partial charge in [-0.3, -0.25) is 0 Å². The van der Waals surface area contributed by atoms with Crippen molar-refractivity contribution in [3.05, 3.63) is 46.0 Å². The van der Waals surface area contributed by atoms with Crippen LogP contribution in [0.15, 0.2) is 23.8 Å². The van der Waals surface area contributed by atoms with E-state index in [1.165, 1.54) is 6.42 Å². The van der Waals surface area contributed by atoms with Gasteiger partial charge in [0.05, 0.1) is 5.02 Å². The summed E-state index contributed by atoms with van der Waals surface area (Å²) >= 11 is 5.51. The van der Waals surface area contributed by atoms with Crippen LogP contribution >= 0.6 is 11.6 Å². The summed E-state index contributed by atoms with van der Waals surface area (Å²) in [6, 6.07) is 1.90. The van der Waals surface area contributed by atoms with E-state index in [1.54, 1.807) is 0 Å². The Morgan fingerprint density at radius 3 is 2.58 bits per heavy atom. The zero-order valence-electron chi connectivity index (χ0n) is 10.6. The topological polar surface area (TPSA) is 20.2 Å². The van der Waals surface area contributed by atoms with Gasteiger partial charge in [0.15, 0.2) is 0 Å². The van der Waals surface area contributed by atoms with Gasteiger partial charge in [-0.15, -0.1) is 0 Å². The van der Waals surface area contributed by atoms with Crippen molar-refractivity contribution in [3.8, 4) is 0 Å². The van der Waals surface area contributed by atoms with E-state index in [1.807, 2.05) is 6.08 Å². The average molecular weight is 287 g/mol. The second-order valence-electron chi connectivity index (χ2n) is 4.92. The molecule has 0 heterocycles. The first-order valence-electron chi connectivity index (χ1n) is 6.61. The van der Waals surface area contributed by atoms with Crippen LogP contribution in [0, 0.1) is 11.6 Å². The monoisotopic (exact) mass is 286 g/mol. The maximum Gasteiger partial charge on any atom is 0.142 e. The molecule has 0 saturated carbocycles. The lowest BCUT2D eigenvalue weighted by molar-refractivity contribution is 0.203. The van der Waals surface area contributed by atoms with Crippen molar-refractivity contribution in [2.24, 2.45) is 0 Å². The van der Waals surface area contributed by atoms with Crippen LogP contribution in [0.4, 0.5) is 8.78 Å². The van der Waals surface area contributed by atoms with Crippen molar-refractivity contribution in [2.45, 2.75) is 44.6 Å². The number of hydrogen-bond acceptors (Lipinski definition) is 1. The lowest BCUT2D eigenvalue weighted by Gasteiger charge is -2.18. The Morgan fingerprint density at radius 1 is 1.05 bits per heavy atom. The molecule has 104 valence electrons. The summed E-state index contributed by atoms with van der Waals surface area (Å²) in [4.78, 5) is 0. The minimum absolute atomic E-state index is 0.0336. The van der Waals surface area contributed by atoms with Crippen molar-refractivity contribution < 1.29 is 13.9 Å². The highest BCUT2D eigenvalue weighted by Gasteiger charge is 2.20. The number of aliphatic hydroxyl groups is 1. The molecular formula is C15H17ClF2O. The van der Waals surface area contributed by atoms with Crippen LogP contribution in [0.5, 0.6) is 0 Å². The standard InChI is InChI=1S/C15H17ClF2O/c16-12-9-13(17)11(8-14(12)18)15(19)10-6-4-2-1-3-5-7-10/h6,8-9,15,19H,1-5,7H2/b10-6+. The van der Waals surface area contributed by atoms with Crippen molar-refractivity contribution in [3.63, 3.8) is 0 Å². The molecular weight excluding hydrogens is 270 g/mol. The molecule has 1 N–H and O–H groups in total. The van der Waals surface area contributed by atoms with E-state index in [4.69, 9.17) is 11.6 Å². The van der Waals surface area contributed by atoms with Crippen molar-refractivity contribution in [1.29, 1.82) is 0 Å². The van der Waals surface area contributed by atoms with Crippen LogP contribution in [-0.2, 0) is 0 Å². The first-order valence-corrected chi connectivity index (χ1v) is 6.99. The van der Waals surface area contributed by atoms with Gasteiger partial charge < -0.3 is 5.11 Å². The lowest BCUT2D eigenvalue weighted by atomic mass is 9.92. The molecule has 1 aliphatic carbocycles. The molecule has 0 amide bonds. The van der Waals surface area contributed by atoms with Crippen LogP contribution in [0.1, 0.15) is 50.2 Å². The third-order valence-corrected chi connectivity index (χ3v) is 3.80. The maximum atomic E-state index is 13.8. The predicted molar refractivity (Wildman–Crippen MR) is 72.1 cm³/mol. The van der Waals surface area contributed by atoms with Gasteiger partial charge in [0, 0.05) is 5.56 Å². The molecule has 0 aliphatic heterocycles. The van der Waals surface area contributed by atoms with Crippen LogP contribution in [0.25, 0.3) is 0 Å². The molecule has 0 bridgehead atoms. The minimum atomic E-state index is -1.08. The van der Waals surface area contributed by atoms with Gasteiger partial charge in [-0.25, -0.2) is 8.78 Å². The van der Waals surface area contributed by atoms with Crippen molar-refractivity contribution in [1.82, 2.24) is 0 Å². The third-order valence-electron chi connectivity index (χ3n) is 3.51.